The summed E-state index contributed by atoms with van der Waals surface area (Å²) in [6, 6.07) is 8.64. The predicted octanol–water partition coefficient (Wildman–Crippen LogP) is 3.11. The lowest BCUT2D eigenvalue weighted by Crippen LogP contribution is -2.41. The number of nitrogens with one attached hydrogen (secondary N) is 1. The summed E-state index contributed by atoms with van der Waals surface area (Å²) in [4.78, 5) is 41.0. The van der Waals surface area contributed by atoms with Crippen molar-refractivity contribution in [3.05, 3.63) is 46.4 Å². The van der Waals surface area contributed by atoms with Crippen molar-refractivity contribution >= 4 is 22.6 Å². The van der Waals surface area contributed by atoms with E-state index in [-0.39, 0.29) is 29.8 Å². The summed E-state index contributed by atoms with van der Waals surface area (Å²) in [5, 5.41) is 1.15. The maximum Gasteiger partial charge on any atom is 0.355 e. The van der Waals surface area contributed by atoms with Gasteiger partial charge < -0.3 is 14.6 Å². The molecule has 6 nitrogen and oxygen atoms in total. The summed E-state index contributed by atoms with van der Waals surface area (Å²) < 4.78 is 5.15. The molecule has 1 amide bonds. The topological polar surface area (TPSA) is 79.5 Å². The maximum absolute atomic E-state index is 12.4. The van der Waals surface area contributed by atoms with E-state index < -0.39 is 5.97 Å². The van der Waals surface area contributed by atoms with E-state index >= 15 is 0 Å². The number of benzene rings is 1. The van der Waals surface area contributed by atoms with E-state index in [1.807, 2.05) is 13.8 Å². The molecule has 0 fully saturated rings. The van der Waals surface area contributed by atoms with Crippen molar-refractivity contribution < 1.29 is 14.3 Å². The van der Waals surface area contributed by atoms with Crippen LogP contribution in [0.15, 0.2) is 35.1 Å². The lowest BCUT2D eigenvalue weighted by Gasteiger charge is -2.28. The van der Waals surface area contributed by atoms with Crippen LogP contribution in [-0.4, -0.2) is 41.0 Å². The molecule has 0 aliphatic rings. The lowest BCUT2D eigenvalue weighted by atomic mass is 10.1. The Labute approximate surface area is 153 Å². The van der Waals surface area contributed by atoms with E-state index in [0.29, 0.717) is 17.3 Å². The smallest absolute Gasteiger partial charge is 0.355 e. The minimum absolute atomic E-state index is 0.0464. The van der Waals surface area contributed by atoms with Gasteiger partial charge in [-0.25, -0.2) is 4.79 Å². The molecule has 6 heteroatoms. The molecular weight excluding hydrogens is 332 g/mol. The number of rotatable bonds is 8. The average Bonchev–Trinajstić information content (AvgIpc) is 2.66. The Bertz CT molecular complexity index is 828. The number of H-pyrrole nitrogens is 1. The zero-order chi connectivity index (χ0) is 19.1. The fourth-order valence-electron chi connectivity index (χ4n) is 2.75. The number of aromatic amines is 1. The molecule has 1 N–H and O–H groups in total. The first-order valence-electron chi connectivity index (χ1n) is 9.06. The van der Waals surface area contributed by atoms with Crippen LogP contribution in [-0.2, 0) is 9.53 Å². The van der Waals surface area contributed by atoms with Crippen molar-refractivity contribution in [2.75, 3.05) is 13.2 Å². The van der Waals surface area contributed by atoms with Crippen LogP contribution < -0.4 is 5.56 Å². The Kier molecular flexibility index (Phi) is 6.95. The van der Waals surface area contributed by atoms with Gasteiger partial charge in [-0.15, -0.1) is 0 Å². The van der Waals surface area contributed by atoms with Crippen LogP contribution in [0.2, 0.25) is 0 Å². The van der Waals surface area contributed by atoms with Crippen molar-refractivity contribution in [2.24, 2.45) is 0 Å². The standard InChI is InChI=1S/C20H26N2O4/c1-4-6-11-22(14(3)5-2)18(23)13-26-20(25)17-12-15-9-7-8-10-16(15)19(24)21-17/h7-10,12,14H,4-6,11,13H2,1-3H3,(H,21,24)/t14-/m0/s1. The largest absolute Gasteiger partial charge is 0.451 e. The molecule has 0 unspecified atom stereocenters. The van der Waals surface area contributed by atoms with Crippen LogP contribution in [0.25, 0.3) is 10.8 Å². The van der Waals surface area contributed by atoms with Gasteiger partial charge in [0.05, 0.1) is 0 Å². The number of ether oxygens (including phenoxy) is 1. The van der Waals surface area contributed by atoms with E-state index in [1.165, 1.54) is 0 Å². The SMILES string of the molecule is CCCCN(C(=O)COC(=O)c1cc2ccccc2c(=O)[nH]1)[C@@H](C)CC. The number of carbonyl (C=O) groups is 2. The Balaban J connectivity index is 2.07. The van der Waals surface area contributed by atoms with Gasteiger partial charge in [0.25, 0.3) is 11.5 Å². The summed E-state index contributed by atoms with van der Waals surface area (Å²) in [5.74, 6) is -0.926. The molecule has 0 saturated heterocycles. The number of carbonyl (C=O) groups excluding carboxylic acids is 2. The van der Waals surface area contributed by atoms with Gasteiger partial charge in [-0.1, -0.05) is 38.5 Å². The first-order valence-corrected chi connectivity index (χ1v) is 9.06. The molecule has 0 radical (unpaired) electrons. The highest BCUT2D eigenvalue weighted by Crippen LogP contribution is 2.11. The lowest BCUT2D eigenvalue weighted by molar-refractivity contribution is -0.136. The molecule has 0 saturated carbocycles. The summed E-state index contributed by atoms with van der Waals surface area (Å²) in [6.45, 7) is 6.38. The normalized spacial score (nSPS) is 12.0. The van der Waals surface area contributed by atoms with Gasteiger partial charge in [-0.3, -0.25) is 9.59 Å². The third kappa shape index (κ3) is 4.71. The quantitative estimate of drug-likeness (QED) is 0.735. The Morgan fingerprint density at radius 2 is 1.96 bits per heavy atom. The molecule has 1 heterocycles. The molecule has 0 aliphatic heterocycles. The first kappa shape index (κ1) is 19.7. The van der Waals surface area contributed by atoms with Gasteiger partial charge in [0.2, 0.25) is 0 Å². The van der Waals surface area contributed by atoms with E-state index in [4.69, 9.17) is 4.74 Å². The molecule has 0 spiro atoms. The molecule has 0 bridgehead atoms. The van der Waals surface area contributed by atoms with E-state index in [0.717, 1.165) is 19.3 Å². The van der Waals surface area contributed by atoms with Crippen molar-refractivity contribution in [3.8, 4) is 0 Å². The number of esters is 1. The Hall–Kier alpha value is -2.63. The van der Waals surface area contributed by atoms with E-state index in [2.05, 4.69) is 11.9 Å². The van der Waals surface area contributed by atoms with Crippen LogP contribution in [0, 0.1) is 0 Å². The molecule has 1 atom stereocenters. The number of aromatic nitrogens is 1. The maximum atomic E-state index is 12.4. The second kappa shape index (κ2) is 9.17. The van der Waals surface area contributed by atoms with Gasteiger partial charge in [0.15, 0.2) is 6.61 Å². The average molecular weight is 358 g/mol. The Morgan fingerprint density at radius 3 is 2.65 bits per heavy atom. The minimum Gasteiger partial charge on any atom is -0.451 e. The zero-order valence-corrected chi connectivity index (χ0v) is 15.6. The highest BCUT2D eigenvalue weighted by molar-refractivity contribution is 5.94. The summed E-state index contributed by atoms with van der Waals surface area (Å²) >= 11 is 0. The van der Waals surface area contributed by atoms with Gasteiger partial charge >= 0.3 is 5.97 Å². The summed E-state index contributed by atoms with van der Waals surface area (Å²) in [7, 11) is 0. The van der Waals surface area contributed by atoms with Gasteiger partial charge in [-0.2, -0.15) is 0 Å². The molecule has 26 heavy (non-hydrogen) atoms. The molecule has 140 valence electrons. The third-order valence-corrected chi connectivity index (χ3v) is 4.50. The monoisotopic (exact) mass is 358 g/mol. The second-order valence-electron chi connectivity index (χ2n) is 6.37. The highest BCUT2D eigenvalue weighted by atomic mass is 16.5. The van der Waals surface area contributed by atoms with Crippen molar-refractivity contribution in [1.29, 1.82) is 0 Å². The molecule has 1 aromatic carbocycles. The second-order valence-corrected chi connectivity index (χ2v) is 6.37. The zero-order valence-electron chi connectivity index (χ0n) is 15.6. The predicted molar refractivity (Wildman–Crippen MR) is 101 cm³/mol. The fourth-order valence-corrected chi connectivity index (χ4v) is 2.75. The van der Waals surface area contributed by atoms with Crippen molar-refractivity contribution in [1.82, 2.24) is 9.88 Å². The molecule has 2 rings (SSSR count). The number of fused-ring (bicyclic) bond motifs is 1. The van der Waals surface area contributed by atoms with Gasteiger partial charge in [0, 0.05) is 18.0 Å². The summed E-state index contributed by atoms with van der Waals surface area (Å²) in [6.07, 6.45) is 2.72. The number of hydrogen-bond donors (Lipinski definition) is 1. The number of amides is 1. The van der Waals surface area contributed by atoms with Crippen LogP contribution in [0.4, 0.5) is 0 Å². The van der Waals surface area contributed by atoms with Gasteiger partial charge in [0.1, 0.15) is 5.69 Å². The molecule has 2 aromatic rings. The first-order chi connectivity index (χ1) is 12.5. The van der Waals surface area contributed by atoms with E-state index in [1.54, 1.807) is 35.2 Å². The van der Waals surface area contributed by atoms with Crippen LogP contribution in [0.1, 0.15) is 50.5 Å². The molecule has 1 aromatic heterocycles. The van der Waals surface area contributed by atoms with Gasteiger partial charge in [-0.05, 0) is 37.3 Å². The van der Waals surface area contributed by atoms with Crippen LogP contribution in [0.3, 0.4) is 0 Å². The third-order valence-electron chi connectivity index (χ3n) is 4.50. The summed E-state index contributed by atoms with van der Waals surface area (Å²) in [5.41, 5.74) is -0.310. The number of pyridine rings is 1. The number of hydrogen-bond acceptors (Lipinski definition) is 4. The van der Waals surface area contributed by atoms with Crippen LogP contribution >= 0.6 is 0 Å². The number of unbranched alkanes of at least 4 members (excludes halogenated alkanes) is 1. The molecular formula is C20H26N2O4. The van der Waals surface area contributed by atoms with E-state index in [9.17, 15) is 14.4 Å². The van der Waals surface area contributed by atoms with Crippen molar-refractivity contribution in [2.45, 2.75) is 46.1 Å². The fraction of sp³-hybridized carbons (Fsp3) is 0.450. The Morgan fingerprint density at radius 1 is 1.23 bits per heavy atom. The molecule has 0 aliphatic carbocycles. The minimum atomic E-state index is -0.708. The highest BCUT2D eigenvalue weighted by Gasteiger charge is 2.20. The van der Waals surface area contributed by atoms with Crippen LogP contribution in [0.5, 0.6) is 0 Å². The number of nitrogens with zero attached hydrogens (tertiary/aromatic N) is 1. The van der Waals surface area contributed by atoms with Crippen molar-refractivity contribution in [3.63, 3.8) is 0 Å².